The number of anilines is 1. The van der Waals surface area contributed by atoms with E-state index in [0.29, 0.717) is 0 Å². The summed E-state index contributed by atoms with van der Waals surface area (Å²) in [5.41, 5.74) is 1.13. The zero-order chi connectivity index (χ0) is 10.7. The number of piperazine rings is 1. The van der Waals surface area contributed by atoms with Crippen molar-refractivity contribution in [1.29, 1.82) is 0 Å². The van der Waals surface area contributed by atoms with E-state index in [4.69, 9.17) is 16.7 Å². The number of benzene rings is 1. The average molecular weight is 227 g/mol. The van der Waals surface area contributed by atoms with Gasteiger partial charge in [-0.15, -0.1) is 0 Å². The maximum absolute atomic E-state index is 9.10. The molecule has 15 heavy (non-hydrogen) atoms. The van der Waals surface area contributed by atoms with Gasteiger partial charge in [-0.3, -0.25) is 0 Å². The van der Waals surface area contributed by atoms with Crippen LogP contribution in [0.2, 0.25) is 5.02 Å². The van der Waals surface area contributed by atoms with Gasteiger partial charge < -0.3 is 15.3 Å². The topological polar surface area (TPSA) is 35.5 Å². The van der Waals surface area contributed by atoms with E-state index in [9.17, 15) is 0 Å². The number of rotatable bonds is 2. The molecule has 0 radical (unpaired) electrons. The monoisotopic (exact) mass is 226 g/mol. The molecule has 82 valence electrons. The molecule has 2 rings (SSSR count). The molecule has 1 aliphatic heterocycles. The Morgan fingerprint density at radius 1 is 1.53 bits per heavy atom. The second-order valence-corrected chi connectivity index (χ2v) is 4.20. The van der Waals surface area contributed by atoms with E-state index in [1.165, 1.54) is 0 Å². The molecule has 1 aromatic rings. The first-order chi connectivity index (χ1) is 7.29. The van der Waals surface area contributed by atoms with Crippen LogP contribution in [0.25, 0.3) is 0 Å². The van der Waals surface area contributed by atoms with Crippen LogP contribution in [-0.2, 0) is 0 Å². The lowest BCUT2D eigenvalue weighted by Crippen LogP contribution is -2.52. The summed E-state index contributed by atoms with van der Waals surface area (Å²) in [7, 11) is 0. The Kier molecular flexibility index (Phi) is 3.46. The van der Waals surface area contributed by atoms with E-state index in [-0.39, 0.29) is 12.6 Å². The van der Waals surface area contributed by atoms with Crippen molar-refractivity contribution in [1.82, 2.24) is 5.32 Å². The molecule has 0 bridgehead atoms. The van der Waals surface area contributed by atoms with Crippen LogP contribution < -0.4 is 10.2 Å². The summed E-state index contributed by atoms with van der Waals surface area (Å²) in [6.07, 6.45) is 0. The van der Waals surface area contributed by atoms with E-state index in [0.717, 1.165) is 30.3 Å². The maximum atomic E-state index is 9.10. The molecular formula is C11H15ClN2O. The summed E-state index contributed by atoms with van der Waals surface area (Å²) in [5.74, 6) is 0. The van der Waals surface area contributed by atoms with Crippen LogP contribution in [0.5, 0.6) is 0 Å². The Hall–Kier alpha value is -0.770. The molecule has 1 atom stereocenters. The highest BCUT2D eigenvalue weighted by Gasteiger charge is 2.18. The zero-order valence-electron chi connectivity index (χ0n) is 8.49. The van der Waals surface area contributed by atoms with Crippen molar-refractivity contribution in [2.45, 2.75) is 6.04 Å². The molecule has 0 saturated carbocycles. The van der Waals surface area contributed by atoms with Gasteiger partial charge in [0.05, 0.1) is 6.61 Å². The lowest BCUT2D eigenvalue weighted by molar-refractivity contribution is 0.235. The summed E-state index contributed by atoms with van der Waals surface area (Å²) in [5, 5.41) is 13.1. The van der Waals surface area contributed by atoms with Crippen molar-refractivity contribution < 1.29 is 5.11 Å². The van der Waals surface area contributed by atoms with Crippen LogP contribution >= 0.6 is 11.6 Å². The molecule has 0 aliphatic carbocycles. The SMILES string of the molecule is OC[C@@H]1CN(c2cccc(Cl)c2)CCN1. The molecule has 2 N–H and O–H groups in total. The molecule has 0 spiro atoms. The quantitative estimate of drug-likeness (QED) is 0.793. The molecule has 1 fully saturated rings. The second-order valence-electron chi connectivity index (χ2n) is 3.76. The second kappa shape index (κ2) is 4.84. The smallest absolute Gasteiger partial charge is 0.0601 e. The predicted octanol–water partition coefficient (Wildman–Crippen LogP) is 1.11. The van der Waals surface area contributed by atoms with Gasteiger partial charge in [-0.2, -0.15) is 0 Å². The molecule has 1 heterocycles. The highest BCUT2D eigenvalue weighted by Crippen LogP contribution is 2.20. The molecular weight excluding hydrogens is 212 g/mol. The Balaban J connectivity index is 2.09. The minimum absolute atomic E-state index is 0.165. The summed E-state index contributed by atoms with van der Waals surface area (Å²) >= 11 is 5.94. The van der Waals surface area contributed by atoms with Gasteiger partial charge in [-0.1, -0.05) is 17.7 Å². The standard InChI is InChI=1S/C11H15ClN2O/c12-9-2-1-3-11(6-9)14-5-4-13-10(7-14)8-15/h1-3,6,10,13,15H,4-5,7-8H2/t10-/m0/s1. The van der Waals surface area contributed by atoms with Crippen molar-refractivity contribution in [2.24, 2.45) is 0 Å². The Labute approximate surface area is 94.7 Å². The summed E-state index contributed by atoms with van der Waals surface area (Å²) in [4.78, 5) is 2.24. The maximum Gasteiger partial charge on any atom is 0.0601 e. The van der Waals surface area contributed by atoms with Crippen LogP contribution in [0.15, 0.2) is 24.3 Å². The van der Waals surface area contributed by atoms with Gasteiger partial charge in [0.2, 0.25) is 0 Å². The zero-order valence-corrected chi connectivity index (χ0v) is 9.24. The third-order valence-corrected chi connectivity index (χ3v) is 2.88. The van der Waals surface area contributed by atoms with E-state index >= 15 is 0 Å². The summed E-state index contributed by atoms with van der Waals surface area (Å²) in [6.45, 7) is 2.86. The van der Waals surface area contributed by atoms with Crippen molar-refractivity contribution in [3.63, 3.8) is 0 Å². The van der Waals surface area contributed by atoms with Gasteiger partial charge in [0, 0.05) is 36.4 Å². The Morgan fingerprint density at radius 2 is 2.40 bits per heavy atom. The minimum Gasteiger partial charge on any atom is -0.395 e. The third kappa shape index (κ3) is 2.62. The lowest BCUT2D eigenvalue weighted by Gasteiger charge is -2.34. The molecule has 1 saturated heterocycles. The highest BCUT2D eigenvalue weighted by molar-refractivity contribution is 6.30. The van der Waals surface area contributed by atoms with Crippen LogP contribution in [0.4, 0.5) is 5.69 Å². The third-order valence-electron chi connectivity index (χ3n) is 2.65. The number of nitrogens with one attached hydrogen (secondary N) is 1. The van der Waals surface area contributed by atoms with Gasteiger partial charge in [-0.05, 0) is 18.2 Å². The fourth-order valence-corrected chi connectivity index (χ4v) is 2.04. The molecule has 0 aromatic heterocycles. The molecule has 0 unspecified atom stereocenters. The molecule has 1 aromatic carbocycles. The van der Waals surface area contributed by atoms with Crippen LogP contribution in [0.3, 0.4) is 0 Å². The number of halogens is 1. The number of aliphatic hydroxyl groups excluding tert-OH is 1. The highest BCUT2D eigenvalue weighted by atomic mass is 35.5. The largest absolute Gasteiger partial charge is 0.395 e. The number of hydrogen-bond acceptors (Lipinski definition) is 3. The molecule has 1 aliphatic rings. The van der Waals surface area contributed by atoms with E-state index in [2.05, 4.69) is 10.2 Å². The lowest BCUT2D eigenvalue weighted by atomic mass is 10.2. The minimum atomic E-state index is 0.165. The van der Waals surface area contributed by atoms with Gasteiger partial charge in [0.15, 0.2) is 0 Å². The number of hydrogen-bond donors (Lipinski definition) is 2. The fourth-order valence-electron chi connectivity index (χ4n) is 1.86. The van der Waals surface area contributed by atoms with Gasteiger partial charge in [0.25, 0.3) is 0 Å². The summed E-state index contributed by atoms with van der Waals surface area (Å²) in [6, 6.07) is 8.00. The fraction of sp³-hybridized carbons (Fsp3) is 0.455. The van der Waals surface area contributed by atoms with Crippen LogP contribution in [0.1, 0.15) is 0 Å². The normalized spacial score (nSPS) is 21.7. The van der Waals surface area contributed by atoms with Gasteiger partial charge >= 0.3 is 0 Å². The van der Waals surface area contributed by atoms with Gasteiger partial charge in [0.1, 0.15) is 0 Å². The first-order valence-corrected chi connectivity index (χ1v) is 5.52. The Morgan fingerprint density at radius 3 is 3.13 bits per heavy atom. The van der Waals surface area contributed by atoms with Crippen molar-refractivity contribution >= 4 is 17.3 Å². The van der Waals surface area contributed by atoms with Crippen molar-refractivity contribution in [3.8, 4) is 0 Å². The Bertz CT molecular complexity index is 332. The summed E-state index contributed by atoms with van der Waals surface area (Å²) < 4.78 is 0. The van der Waals surface area contributed by atoms with E-state index < -0.39 is 0 Å². The molecule has 0 amide bonds. The average Bonchev–Trinajstić information content (AvgIpc) is 2.29. The van der Waals surface area contributed by atoms with Gasteiger partial charge in [-0.25, -0.2) is 0 Å². The molecule has 3 nitrogen and oxygen atoms in total. The predicted molar refractivity (Wildman–Crippen MR) is 62.5 cm³/mol. The first-order valence-electron chi connectivity index (χ1n) is 5.14. The molecule has 4 heteroatoms. The first kappa shape index (κ1) is 10.7. The van der Waals surface area contributed by atoms with Crippen molar-refractivity contribution in [3.05, 3.63) is 29.3 Å². The van der Waals surface area contributed by atoms with Crippen LogP contribution in [0, 0.1) is 0 Å². The van der Waals surface area contributed by atoms with E-state index in [1.54, 1.807) is 0 Å². The van der Waals surface area contributed by atoms with Crippen LogP contribution in [-0.4, -0.2) is 37.4 Å². The number of nitrogens with zero attached hydrogens (tertiary/aromatic N) is 1. The van der Waals surface area contributed by atoms with Crippen molar-refractivity contribution in [2.75, 3.05) is 31.1 Å². The van der Waals surface area contributed by atoms with E-state index in [1.807, 2.05) is 24.3 Å². The number of aliphatic hydroxyl groups is 1.